The third-order valence-corrected chi connectivity index (χ3v) is 4.63. The second kappa shape index (κ2) is 11.0. The molecule has 0 aromatic heterocycles. The average Bonchev–Trinajstić information content (AvgIpc) is 2.64. The fourth-order valence-electron chi connectivity index (χ4n) is 2.82. The van der Waals surface area contributed by atoms with Crippen LogP contribution in [0.4, 0.5) is 0 Å². The molecular weight excluding hydrogens is 326 g/mol. The van der Waals surface area contributed by atoms with Crippen molar-refractivity contribution in [2.75, 3.05) is 26.7 Å². The van der Waals surface area contributed by atoms with Crippen LogP contribution in [0.2, 0.25) is 0 Å². The maximum absolute atomic E-state index is 12.7. The normalized spacial score (nSPS) is 12.1. The molecule has 0 spiro atoms. The molecule has 0 fully saturated rings. The second-order valence-electron chi connectivity index (χ2n) is 7.30. The summed E-state index contributed by atoms with van der Waals surface area (Å²) in [5.74, 6) is 0.309. The molecule has 0 radical (unpaired) electrons. The number of amides is 2. The molecular formula is C21H35N3O2. The van der Waals surface area contributed by atoms with Crippen molar-refractivity contribution in [1.29, 1.82) is 0 Å². The largest absolute Gasteiger partial charge is 0.342 e. The summed E-state index contributed by atoms with van der Waals surface area (Å²) in [5, 5.41) is 0. The van der Waals surface area contributed by atoms with E-state index < -0.39 is 0 Å². The summed E-state index contributed by atoms with van der Waals surface area (Å²) in [4.78, 5) is 29.0. The summed E-state index contributed by atoms with van der Waals surface area (Å²) in [6.45, 7) is 10.4. The van der Waals surface area contributed by atoms with Gasteiger partial charge in [-0.2, -0.15) is 0 Å². The number of hydrogen-bond donors (Lipinski definition) is 1. The van der Waals surface area contributed by atoms with E-state index in [4.69, 9.17) is 5.73 Å². The van der Waals surface area contributed by atoms with E-state index in [-0.39, 0.29) is 17.9 Å². The number of rotatable bonds is 10. The Morgan fingerprint density at radius 3 is 2.04 bits per heavy atom. The van der Waals surface area contributed by atoms with Crippen LogP contribution >= 0.6 is 0 Å². The first-order chi connectivity index (χ1) is 12.3. The molecule has 0 aliphatic carbocycles. The first-order valence-corrected chi connectivity index (χ1v) is 9.72. The molecule has 0 bridgehead atoms. The molecule has 1 aromatic carbocycles. The van der Waals surface area contributed by atoms with E-state index in [1.165, 1.54) is 0 Å². The number of nitrogens with zero attached hydrogens (tertiary/aromatic N) is 2. The van der Waals surface area contributed by atoms with Crippen molar-refractivity contribution in [3.05, 3.63) is 35.4 Å². The molecule has 5 nitrogen and oxygen atoms in total. The molecule has 1 unspecified atom stereocenters. The van der Waals surface area contributed by atoms with E-state index >= 15 is 0 Å². The van der Waals surface area contributed by atoms with Crippen LogP contribution < -0.4 is 5.73 Å². The van der Waals surface area contributed by atoms with Crippen molar-refractivity contribution in [2.24, 2.45) is 11.7 Å². The van der Waals surface area contributed by atoms with Crippen LogP contribution in [0.3, 0.4) is 0 Å². The van der Waals surface area contributed by atoms with Crippen molar-refractivity contribution in [2.45, 2.75) is 53.0 Å². The highest BCUT2D eigenvalue weighted by Gasteiger charge is 2.18. The Balaban J connectivity index is 2.84. The summed E-state index contributed by atoms with van der Waals surface area (Å²) in [6, 6.07) is 7.12. The summed E-state index contributed by atoms with van der Waals surface area (Å²) < 4.78 is 0. The minimum Gasteiger partial charge on any atom is -0.342 e. The predicted octanol–water partition coefficient (Wildman–Crippen LogP) is 3.39. The monoisotopic (exact) mass is 361 g/mol. The first-order valence-electron chi connectivity index (χ1n) is 9.72. The van der Waals surface area contributed by atoms with E-state index in [0.29, 0.717) is 23.6 Å². The SMILES string of the molecule is CCCN(CCC)C(=O)c1cccc(C(=O)N(C)CCC(N)C(C)C)c1. The molecule has 0 saturated carbocycles. The molecule has 0 heterocycles. The number of nitrogens with two attached hydrogens (primary N) is 1. The van der Waals surface area contributed by atoms with Gasteiger partial charge in [0.05, 0.1) is 0 Å². The Morgan fingerprint density at radius 2 is 1.54 bits per heavy atom. The Labute approximate surface area is 158 Å². The fraction of sp³-hybridized carbons (Fsp3) is 0.619. The highest BCUT2D eigenvalue weighted by atomic mass is 16.2. The summed E-state index contributed by atoms with van der Waals surface area (Å²) in [7, 11) is 1.78. The van der Waals surface area contributed by atoms with Crippen molar-refractivity contribution < 1.29 is 9.59 Å². The maximum atomic E-state index is 12.7. The molecule has 5 heteroatoms. The van der Waals surface area contributed by atoms with Crippen LogP contribution in [0.25, 0.3) is 0 Å². The van der Waals surface area contributed by atoms with Gasteiger partial charge in [-0.15, -0.1) is 0 Å². The van der Waals surface area contributed by atoms with Crippen molar-refractivity contribution in [3.63, 3.8) is 0 Å². The number of benzene rings is 1. The van der Waals surface area contributed by atoms with Crippen LogP contribution in [-0.2, 0) is 0 Å². The Bertz CT molecular complexity index is 580. The Hall–Kier alpha value is -1.88. The van der Waals surface area contributed by atoms with Gasteiger partial charge in [0.2, 0.25) is 0 Å². The number of hydrogen-bond acceptors (Lipinski definition) is 3. The Morgan fingerprint density at radius 1 is 1.00 bits per heavy atom. The average molecular weight is 362 g/mol. The zero-order valence-electron chi connectivity index (χ0n) is 17.0. The quantitative estimate of drug-likeness (QED) is 0.694. The maximum Gasteiger partial charge on any atom is 0.253 e. The minimum absolute atomic E-state index is 0.00664. The molecule has 26 heavy (non-hydrogen) atoms. The highest BCUT2D eigenvalue weighted by molar-refractivity contribution is 5.99. The zero-order valence-corrected chi connectivity index (χ0v) is 17.0. The molecule has 0 aliphatic rings. The third kappa shape index (κ3) is 6.45. The summed E-state index contributed by atoms with van der Waals surface area (Å²) >= 11 is 0. The van der Waals surface area contributed by atoms with Gasteiger partial charge in [0.25, 0.3) is 11.8 Å². The van der Waals surface area contributed by atoms with Gasteiger partial charge < -0.3 is 15.5 Å². The molecule has 0 aliphatic heterocycles. The molecule has 2 amide bonds. The summed E-state index contributed by atoms with van der Waals surface area (Å²) in [5.41, 5.74) is 7.19. The van der Waals surface area contributed by atoms with Gasteiger partial charge in [0, 0.05) is 43.9 Å². The molecule has 146 valence electrons. The van der Waals surface area contributed by atoms with Gasteiger partial charge in [-0.3, -0.25) is 9.59 Å². The van der Waals surface area contributed by atoms with Crippen LogP contribution in [0.15, 0.2) is 24.3 Å². The van der Waals surface area contributed by atoms with Gasteiger partial charge in [0.1, 0.15) is 0 Å². The van der Waals surface area contributed by atoms with Gasteiger partial charge in [-0.05, 0) is 43.4 Å². The lowest BCUT2D eigenvalue weighted by atomic mass is 10.0. The predicted molar refractivity (Wildman–Crippen MR) is 107 cm³/mol. The van der Waals surface area contributed by atoms with Crippen molar-refractivity contribution >= 4 is 11.8 Å². The minimum atomic E-state index is -0.0758. The standard InChI is InChI=1S/C21H35N3O2/c1-6-12-24(13-7-2)21(26)18-10-8-9-17(15-18)20(25)23(5)14-11-19(22)16(3)4/h8-10,15-16,19H,6-7,11-14,22H2,1-5H3. The lowest BCUT2D eigenvalue weighted by molar-refractivity contribution is 0.0755. The van der Waals surface area contributed by atoms with Gasteiger partial charge in [-0.1, -0.05) is 33.8 Å². The van der Waals surface area contributed by atoms with Crippen LogP contribution in [0.1, 0.15) is 67.7 Å². The van der Waals surface area contributed by atoms with E-state index in [9.17, 15) is 9.59 Å². The molecule has 1 rings (SSSR count). The summed E-state index contributed by atoms with van der Waals surface area (Å²) in [6.07, 6.45) is 2.60. The van der Waals surface area contributed by atoms with Crippen LogP contribution in [0.5, 0.6) is 0 Å². The zero-order chi connectivity index (χ0) is 19.7. The van der Waals surface area contributed by atoms with Gasteiger partial charge >= 0.3 is 0 Å². The second-order valence-corrected chi connectivity index (χ2v) is 7.30. The first kappa shape index (κ1) is 22.2. The topological polar surface area (TPSA) is 66.6 Å². The van der Waals surface area contributed by atoms with Crippen molar-refractivity contribution in [1.82, 2.24) is 9.80 Å². The lowest BCUT2D eigenvalue weighted by Gasteiger charge is -2.23. The third-order valence-electron chi connectivity index (χ3n) is 4.63. The number of carbonyl (C=O) groups is 2. The van der Waals surface area contributed by atoms with Crippen LogP contribution in [-0.4, -0.2) is 54.3 Å². The van der Waals surface area contributed by atoms with E-state index in [0.717, 1.165) is 32.4 Å². The lowest BCUT2D eigenvalue weighted by Crippen LogP contribution is -2.35. The van der Waals surface area contributed by atoms with E-state index in [1.807, 2.05) is 4.90 Å². The molecule has 2 N–H and O–H groups in total. The smallest absolute Gasteiger partial charge is 0.253 e. The number of carbonyl (C=O) groups excluding carboxylic acids is 2. The van der Waals surface area contributed by atoms with Crippen LogP contribution in [0, 0.1) is 5.92 Å². The van der Waals surface area contributed by atoms with E-state index in [1.54, 1.807) is 36.2 Å². The van der Waals surface area contributed by atoms with E-state index in [2.05, 4.69) is 27.7 Å². The van der Waals surface area contributed by atoms with Crippen molar-refractivity contribution in [3.8, 4) is 0 Å². The molecule has 0 saturated heterocycles. The highest BCUT2D eigenvalue weighted by Crippen LogP contribution is 2.12. The van der Waals surface area contributed by atoms with Gasteiger partial charge in [-0.25, -0.2) is 0 Å². The molecule has 1 aromatic rings. The fourth-order valence-corrected chi connectivity index (χ4v) is 2.82. The molecule has 1 atom stereocenters. The Kier molecular flexibility index (Phi) is 9.35. The van der Waals surface area contributed by atoms with Gasteiger partial charge in [0.15, 0.2) is 0 Å².